The Labute approximate surface area is 116 Å². The van der Waals surface area contributed by atoms with Gasteiger partial charge in [0.2, 0.25) is 5.95 Å². The highest BCUT2D eigenvalue weighted by Crippen LogP contribution is 2.18. The van der Waals surface area contributed by atoms with Crippen LogP contribution in [0.2, 0.25) is 0 Å². The number of aromatic nitrogens is 2. The van der Waals surface area contributed by atoms with Crippen LogP contribution in [-0.2, 0) is 6.54 Å². The summed E-state index contributed by atoms with van der Waals surface area (Å²) in [7, 11) is 0. The minimum atomic E-state index is -0.576. The molecule has 0 fully saturated rings. The third kappa shape index (κ3) is 3.44. The van der Waals surface area contributed by atoms with Crippen LogP contribution in [0.5, 0.6) is 0 Å². The number of rotatable bonds is 4. The summed E-state index contributed by atoms with van der Waals surface area (Å²) in [6.45, 7) is 0.302. The molecule has 0 aliphatic heterocycles. The van der Waals surface area contributed by atoms with Gasteiger partial charge in [-0.05, 0) is 23.8 Å². The Morgan fingerprint density at radius 2 is 2.05 bits per heavy atom. The molecule has 0 amide bonds. The second-order valence-corrected chi connectivity index (χ2v) is 4.47. The molecule has 0 bridgehead atoms. The van der Waals surface area contributed by atoms with Crippen molar-refractivity contribution in [1.29, 1.82) is 0 Å². The Morgan fingerprint density at radius 3 is 2.68 bits per heavy atom. The van der Waals surface area contributed by atoms with Crippen LogP contribution in [0.1, 0.15) is 5.56 Å². The summed E-state index contributed by atoms with van der Waals surface area (Å²) in [4.78, 5) is 17.4. The van der Waals surface area contributed by atoms with E-state index in [1.54, 1.807) is 6.07 Å². The summed E-state index contributed by atoms with van der Waals surface area (Å²) in [5.74, 6) is -0.105. The van der Waals surface area contributed by atoms with Gasteiger partial charge < -0.3 is 5.32 Å². The van der Waals surface area contributed by atoms with Crippen molar-refractivity contribution in [2.45, 2.75) is 6.54 Å². The first kappa shape index (κ1) is 13.3. The first-order chi connectivity index (χ1) is 9.06. The summed E-state index contributed by atoms with van der Waals surface area (Å²) >= 11 is 3.30. The van der Waals surface area contributed by atoms with Crippen LogP contribution in [-0.4, -0.2) is 14.9 Å². The molecule has 0 aliphatic rings. The zero-order chi connectivity index (χ0) is 13.8. The van der Waals surface area contributed by atoms with Crippen molar-refractivity contribution in [3.8, 4) is 0 Å². The molecule has 1 aromatic heterocycles. The topological polar surface area (TPSA) is 81.0 Å². The fraction of sp³-hybridized carbons (Fsp3) is 0.0909. The number of benzene rings is 1. The largest absolute Gasteiger partial charge is 0.350 e. The number of anilines is 1. The first-order valence-electron chi connectivity index (χ1n) is 5.20. The predicted octanol–water partition coefficient (Wildman–Crippen LogP) is 2.90. The summed E-state index contributed by atoms with van der Waals surface area (Å²) in [5.41, 5.74) is 0.513. The van der Waals surface area contributed by atoms with Crippen molar-refractivity contribution < 1.29 is 9.31 Å². The average molecular weight is 327 g/mol. The van der Waals surface area contributed by atoms with Crippen LogP contribution < -0.4 is 5.32 Å². The molecule has 0 atom stereocenters. The monoisotopic (exact) mass is 326 g/mol. The summed E-state index contributed by atoms with van der Waals surface area (Å²) < 4.78 is 13.8. The third-order valence-electron chi connectivity index (χ3n) is 2.29. The van der Waals surface area contributed by atoms with E-state index in [1.165, 1.54) is 12.1 Å². The Morgan fingerprint density at radius 1 is 1.37 bits per heavy atom. The number of nitrogens with zero attached hydrogens (tertiary/aromatic N) is 3. The minimum absolute atomic E-state index is 0.183. The molecule has 2 aromatic rings. The molecule has 19 heavy (non-hydrogen) atoms. The van der Waals surface area contributed by atoms with Gasteiger partial charge in [0.25, 0.3) is 0 Å². The number of hydrogen-bond acceptors (Lipinski definition) is 5. The fourth-order valence-corrected chi connectivity index (χ4v) is 1.75. The highest BCUT2D eigenvalue weighted by Gasteiger charge is 2.07. The van der Waals surface area contributed by atoms with Crippen molar-refractivity contribution in [2.75, 3.05) is 5.32 Å². The molecular formula is C11H8BrFN4O2. The van der Waals surface area contributed by atoms with E-state index in [0.717, 1.165) is 16.9 Å². The average Bonchev–Trinajstić information content (AvgIpc) is 2.40. The Balaban J connectivity index is 2.06. The number of halogens is 2. The lowest BCUT2D eigenvalue weighted by Gasteiger charge is -2.06. The van der Waals surface area contributed by atoms with E-state index in [9.17, 15) is 14.5 Å². The lowest BCUT2D eigenvalue weighted by Crippen LogP contribution is -2.04. The fourth-order valence-electron chi connectivity index (χ4n) is 1.36. The molecule has 2 rings (SSSR count). The summed E-state index contributed by atoms with van der Waals surface area (Å²) in [6, 6.07) is 4.32. The standard InChI is InChI=1S/C11H8BrFN4O2/c12-10-2-1-8(13)3-7(10)4-14-11-15-5-9(6-16-11)17(18)19/h1-3,5-6H,4H2,(H,14,15,16). The van der Waals surface area contributed by atoms with Gasteiger partial charge in [0.05, 0.1) is 4.92 Å². The van der Waals surface area contributed by atoms with E-state index in [1.807, 2.05) is 0 Å². The van der Waals surface area contributed by atoms with Gasteiger partial charge in [-0.25, -0.2) is 14.4 Å². The first-order valence-corrected chi connectivity index (χ1v) is 6.00. The predicted molar refractivity (Wildman–Crippen MR) is 70.1 cm³/mol. The molecule has 0 saturated carbocycles. The van der Waals surface area contributed by atoms with E-state index in [4.69, 9.17) is 0 Å². The van der Waals surface area contributed by atoms with Gasteiger partial charge >= 0.3 is 5.69 Å². The molecule has 6 nitrogen and oxygen atoms in total. The van der Waals surface area contributed by atoms with Gasteiger partial charge in [-0.1, -0.05) is 15.9 Å². The zero-order valence-corrected chi connectivity index (χ0v) is 11.1. The SMILES string of the molecule is O=[N+]([O-])c1cnc(NCc2cc(F)ccc2Br)nc1. The molecule has 1 N–H and O–H groups in total. The maximum atomic E-state index is 13.1. The second kappa shape index (κ2) is 5.70. The third-order valence-corrected chi connectivity index (χ3v) is 3.07. The van der Waals surface area contributed by atoms with E-state index in [-0.39, 0.29) is 17.5 Å². The van der Waals surface area contributed by atoms with Crippen molar-refractivity contribution >= 4 is 27.6 Å². The van der Waals surface area contributed by atoms with Gasteiger partial charge in [0.1, 0.15) is 18.2 Å². The minimum Gasteiger partial charge on any atom is -0.350 e. The smallest absolute Gasteiger partial charge is 0.305 e. The van der Waals surface area contributed by atoms with Crippen LogP contribution in [0.4, 0.5) is 16.0 Å². The van der Waals surface area contributed by atoms with Crippen LogP contribution in [0.3, 0.4) is 0 Å². The Hall–Kier alpha value is -2.09. The number of nitro groups is 1. The maximum absolute atomic E-state index is 13.1. The van der Waals surface area contributed by atoms with E-state index < -0.39 is 4.92 Å². The molecule has 0 saturated heterocycles. The zero-order valence-electron chi connectivity index (χ0n) is 9.51. The summed E-state index contributed by atoms with van der Waals surface area (Å²) in [6.07, 6.45) is 2.21. The highest BCUT2D eigenvalue weighted by molar-refractivity contribution is 9.10. The summed E-state index contributed by atoms with van der Waals surface area (Å²) in [5, 5.41) is 13.3. The Bertz CT molecular complexity index is 606. The Kier molecular flexibility index (Phi) is 4.00. The van der Waals surface area contributed by atoms with Crippen LogP contribution in [0.25, 0.3) is 0 Å². The van der Waals surface area contributed by atoms with E-state index >= 15 is 0 Å². The second-order valence-electron chi connectivity index (χ2n) is 3.61. The van der Waals surface area contributed by atoms with Crippen molar-refractivity contribution in [3.63, 3.8) is 0 Å². The van der Waals surface area contributed by atoms with Gasteiger partial charge in [-0.2, -0.15) is 0 Å². The van der Waals surface area contributed by atoms with Crippen molar-refractivity contribution in [2.24, 2.45) is 0 Å². The van der Waals surface area contributed by atoms with Crippen LogP contribution in [0, 0.1) is 15.9 Å². The molecule has 8 heteroatoms. The van der Waals surface area contributed by atoms with Gasteiger partial charge in [0, 0.05) is 11.0 Å². The van der Waals surface area contributed by atoms with Gasteiger partial charge in [-0.15, -0.1) is 0 Å². The van der Waals surface area contributed by atoms with E-state index in [2.05, 4.69) is 31.2 Å². The molecule has 0 radical (unpaired) electrons. The molecule has 0 spiro atoms. The normalized spacial score (nSPS) is 10.2. The van der Waals surface area contributed by atoms with Crippen LogP contribution >= 0.6 is 15.9 Å². The highest BCUT2D eigenvalue weighted by atomic mass is 79.9. The lowest BCUT2D eigenvalue weighted by molar-refractivity contribution is -0.385. The molecule has 0 unspecified atom stereocenters. The van der Waals surface area contributed by atoms with Gasteiger partial charge in [0.15, 0.2) is 0 Å². The van der Waals surface area contributed by atoms with E-state index in [0.29, 0.717) is 12.1 Å². The lowest BCUT2D eigenvalue weighted by atomic mass is 10.2. The van der Waals surface area contributed by atoms with Gasteiger partial charge in [-0.3, -0.25) is 10.1 Å². The number of hydrogen-bond donors (Lipinski definition) is 1. The van der Waals surface area contributed by atoms with Crippen LogP contribution in [0.15, 0.2) is 35.1 Å². The van der Waals surface area contributed by atoms with Crippen molar-refractivity contribution in [3.05, 3.63) is 56.6 Å². The molecule has 1 aromatic carbocycles. The quantitative estimate of drug-likeness (QED) is 0.690. The maximum Gasteiger partial charge on any atom is 0.305 e. The molecular weight excluding hydrogens is 319 g/mol. The number of nitrogens with one attached hydrogen (secondary N) is 1. The molecule has 1 heterocycles. The van der Waals surface area contributed by atoms with Crippen molar-refractivity contribution in [1.82, 2.24) is 9.97 Å². The molecule has 0 aliphatic carbocycles. The molecule has 98 valence electrons.